The number of thiazole rings is 1. The Labute approximate surface area is 133 Å². The standard InChI is InChI=1S/C15H20N4O2S/c1-12-17-14(11-22-12)9-18-3-5-19(6-4-18)15(20)16-8-13-2-7-21-10-13/h2,7,10-11H,3-6,8-9H2,1H3,(H,16,20). The van der Waals surface area contributed by atoms with Gasteiger partial charge in [-0.25, -0.2) is 9.78 Å². The first-order valence-corrected chi connectivity index (χ1v) is 8.26. The van der Waals surface area contributed by atoms with Crippen molar-refractivity contribution in [2.75, 3.05) is 26.2 Å². The molecule has 0 bridgehead atoms. The highest BCUT2D eigenvalue weighted by Gasteiger charge is 2.21. The molecule has 0 saturated carbocycles. The number of aromatic nitrogens is 1. The van der Waals surface area contributed by atoms with Crippen LogP contribution >= 0.6 is 11.3 Å². The van der Waals surface area contributed by atoms with E-state index in [-0.39, 0.29) is 6.03 Å². The summed E-state index contributed by atoms with van der Waals surface area (Å²) in [5.41, 5.74) is 2.10. The predicted molar refractivity (Wildman–Crippen MR) is 84.6 cm³/mol. The van der Waals surface area contributed by atoms with Crippen molar-refractivity contribution in [1.82, 2.24) is 20.1 Å². The highest BCUT2D eigenvalue weighted by molar-refractivity contribution is 7.09. The van der Waals surface area contributed by atoms with Crippen molar-refractivity contribution in [3.8, 4) is 0 Å². The third kappa shape index (κ3) is 3.86. The van der Waals surface area contributed by atoms with Gasteiger partial charge >= 0.3 is 6.03 Å². The summed E-state index contributed by atoms with van der Waals surface area (Å²) in [7, 11) is 0. The number of nitrogens with one attached hydrogen (secondary N) is 1. The van der Waals surface area contributed by atoms with E-state index in [1.165, 1.54) is 0 Å². The van der Waals surface area contributed by atoms with Crippen LogP contribution in [0.1, 0.15) is 16.3 Å². The molecule has 118 valence electrons. The van der Waals surface area contributed by atoms with Crippen molar-refractivity contribution < 1.29 is 9.21 Å². The Morgan fingerprint density at radius 2 is 2.23 bits per heavy atom. The first-order chi connectivity index (χ1) is 10.7. The molecule has 0 atom stereocenters. The molecule has 2 aromatic heterocycles. The Balaban J connectivity index is 1.42. The SMILES string of the molecule is Cc1nc(CN2CCN(C(=O)NCc3ccoc3)CC2)cs1. The fourth-order valence-electron chi connectivity index (χ4n) is 2.50. The van der Waals surface area contributed by atoms with Gasteiger partial charge in [-0.1, -0.05) is 0 Å². The van der Waals surface area contributed by atoms with Crippen LogP contribution in [0.5, 0.6) is 0 Å². The summed E-state index contributed by atoms with van der Waals surface area (Å²) < 4.78 is 4.99. The molecule has 1 aliphatic rings. The van der Waals surface area contributed by atoms with Gasteiger partial charge in [-0.2, -0.15) is 0 Å². The van der Waals surface area contributed by atoms with E-state index in [0.717, 1.165) is 49.0 Å². The van der Waals surface area contributed by atoms with Gasteiger partial charge in [0, 0.05) is 50.2 Å². The number of urea groups is 1. The number of carbonyl (C=O) groups is 1. The third-order valence-electron chi connectivity index (χ3n) is 3.74. The number of amides is 2. The maximum absolute atomic E-state index is 12.1. The Bertz CT molecular complexity index is 603. The Kier molecular flexibility index (Phi) is 4.74. The van der Waals surface area contributed by atoms with Gasteiger partial charge in [0.05, 0.1) is 23.2 Å². The maximum Gasteiger partial charge on any atom is 0.317 e. The quantitative estimate of drug-likeness (QED) is 0.937. The molecule has 7 heteroatoms. The van der Waals surface area contributed by atoms with Crippen LogP contribution in [0.2, 0.25) is 0 Å². The van der Waals surface area contributed by atoms with Crippen molar-refractivity contribution in [2.24, 2.45) is 0 Å². The zero-order valence-electron chi connectivity index (χ0n) is 12.6. The Morgan fingerprint density at radius 1 is 1.41 bits per heavy atom. The summed E-state index contributed by atoms with van der Waals surface area (Å²) in [5, 5.41) is 6.13. The van der Waals surface area contributed by atoms with E-state index in [0.29, 0.717) is 6.54 Å². The molecule has 6 nitrogen and oxygen atoms in total. The molecule has 0 unspecified atom stereocenters. The van der Waals surface area contributed by atoms with Crippen molar-refractivity contribution >= 4 is 17.4 Å². The number of rotatable bonds is 4. The number of hydrogen-bond donors (Lipinski definition) is 1. The molecule has 0 radical (unpaired) electrons. The van der Waals surface area contributed by atoms with Crippen LogP contribution in [0.4, 0.5) is 4.79 Å². The summed E-state index contributed by atoms with van der Waals surface area (Å²) >= 11 is 1.68. The molecule has 1 fully saturated rings. The van der Waals surface area contributed by atoms with E-state index < -0.39 is 0 Å². The molecule has 2 aromatic rings. The largest absolute Gasteiger partial charge is 0.472 e. The predicted octanol–water partition coefficient (Wildman–Crippen LogP) is 2.07. The van der Waals surface area contributed by atoms with E-state index in [1.807, 2.05) is 17.9 Å². The molecule has 22 heavy (non-hydrogen) atoms. The van der Waals surface area contributed by atoms with Crippen molar-refractivity contribution in [2.45, 2.75) is 20.0 Å². The lowest BCUT2D eigenvalue weighted by Crippen LogP contribution is -2.51. The number of piperazine rings is 1. The first kappa shape index (κ1) is 15.1. The average Bonchev–Trinajstić information content (AvgIpc) is 3.17. The number of furan rings is 1. The molecule has 2 amide bonds. The van der Waals surface area contributed by atoms with Gasteiger partial charge in [-0.15, -0.1) is 11.3 Å². The monoisotopic (exact) mass is 320 g/mol. The van der Waals surface area contributed by atoms with Crippen molar-refractivity contribution in [3.63, 3.8) is 0 Å². The van der Waals surface area contributed by atoms with Gasteiger partial charge in [0.15, 0.2) is 0 Å². The van der Waals surface area contributed by atoms with Crippen LogP contribution in [0, 0.1) is 6.92 Å². The smallest absolute Gasteiger partial charge is 0.317 e. The number of aryl methyl sites for hydroxylation is 1. The summed E-state index contributed by atoms with van der Waals surface area (Å²) in [6.07, 6.45) is 3.26. The van der Waals surface area contributed by atoms with E-state index >= 15 is 0 Å². The van der Waals surface area contributed by atoms with Crippen LogP contribution in [0.25, 0.3) is 0 Å². The fraction of sp³-hybridized carbons (Fsp3) is 0.467. The molecule has 0 spiro atoms. The van der Waals surface area contributed by atoms with Crippen LogP contribution in [0.3, 0.4) is 0 Å². The molecule has 0 aromatic carbocycles. The summed E-state index contributed by atoms with van der Waals surface area (Å²) in [6.45, 7) is 6.67. The number of nitrogens with zero attached hydrogens (tertiary/aromatic N) is 3. The van der Waals surface area contributed by atoms with Crippen molar-refractivity contribution in [3.05, 3.63) is 40.2 Å². The van der Waals surface area contributed by atoms with Crippen LogP contribution in [0.15, 0.2) is 28.4 Å². The van der Waals surface area contributed by atoms with Gasteiger partial charge in [0.2, 0.25) is 0 Å². The first-order valence-electron chi connectivity index (χ1n) is 7.38. The van der Waals surface area contributed by atoms with Crippen LogP contribution in [-0.4, -0.2) is 47.0 Å². The van der Waals surface area contributed by atoms with E-state index in [1.54, 1.807) is 23.9 Å². The van der Waals surface area contributed by atoms with E-state index in [9.17, 15) is 4.79 Å². The Hall–Kier alpha value is -1.86. The molecule has 1 N–H and O–H groups in total. The van der Waals surface area contributed by atoms with E-state index in [2.05, 4.69) is 20.6 Å². The summed E-state index contributed by atoms with van der Waals surface area (Å²) in [5.74, 6) is 0. The second kappa shape index (κ2) is 6.93. The lowest BCUT2D eigenvalue weighted by atomic mass is 10.3. The lowest BCUT2D eigenvalue weighted by Gasteiger charge is -2.34. The second-order valence-corrected chi connectivity index (χ2v) is 6.47. The molecule has 3 rings (SSSR count). The molecule has 0 aliphatic carbocycles. The van der Waals surface area contributed by atoms with Gasteiger partial charge in [-0.3, -0.25) is 4.90 Å². The maximum atomic E-state index is 12.1. The van der Waals surface area contributed by atoms with Gasteiger partial charge in [0.25, 0.3) is 0 Å². The molecule has 1 saturated heterocycles. The van der Waals surface area contributed by atoms with E-state index in [4.69, 9.17) is 4.42 Å². The lowest BCUT2D eigenvalue weighted by molar-refractivity contribution is 0.134. The zero-order chi connectivity index (χ0) is 15.4. The van der Waals surface area contributed by atoms with Gasteiger partial charge < -0.3 is 14.6 Å². The highest BCUT2D eigenvalue weighted by Crippen LogP contribution is 2.12. The highest BCUT2D eigenvalue weighted by atomic mass is 32.1. The third-order valence-corrected chi connectivity index (χ3v) is 4.56. The second-order valence-electron chi connectivity index (χ2n) is 5.41. The molecule has 1 aliphatic heterocycles. The van der Waals surface area contributed by atoms with Gasteiger partial charge in [0.1, 0.15) is 0 Å². The summed E-state index contributed by atoms with van der Waals surface area (Å²) in [6, 6.07) is 1.85. The fourth-order valence-corrected chi connectivity index (χ4v) is 3.11. The topological polar surface area (TPSA) is 61.6 Å². The van der Waals surface area contributed by atoms with Gasteiger partial charge in [-0.05, 0) is 13.0 Å². The normalized spacial score (nSPS) is 16.0. The van der Waals surface area contributed by atoms with Crippen LogP contribution in [-0.2, 0) is 13.1 Å². The Morgan fingerprint density at radius 3 is 2.86 bits per heavy atom. The minimum atomic E-state index is -0.00893. The molecular formula is C15H20N4O2S. The molecule has 3 heterocycles. The minimum Gasteiger partial charge on any atom is -0.472 e. The van der Waals surface area contributed by atoms with Crippen molar-refractivity contribution in [1.29, 1.82) is 0 Å². The average molecular weight is 320 g/mol. The minimum absolute atomic E-state index is 0.00893. The molecular weight excluding hydrogens is 300 g/mol. The summed E-state index contributed by atoms with van der Waals surface area (Å²) in [4.78, 5) is 20.8. The zero-order valence-corrected chi connectivity index (χ0v) is 13.4. The number of carbonyl (C=O) groups excluding carboxylic acids is 1. The number of hydrogen-bond acceptors (Lipinski definition) is 5. The van der Waals surface area contributed by atoms with Crippen LogP contribution < -0.4 is 5.32 Å².